The lowest BCUT2D eigenvalue weighted by atomic mass is 9.10. The molecule has 17 rings (SSSR count). The Bertz CT molecular complexity index is 3810. The number of imidazole rings is 2. The molecule has 8 saturated carbocycles. The first-order valence-electron chi connectivity index (χ1n) is 25.9. The van der Waals surface area contributed by atoms with Crippen molar-refractivity contribution >= 4 is 62.8 Å². The van der Waals surface area contributed by atoms with Crippen LogP contribution in [0.25, 0.3) is 33.6 Å². The van der Waals surface area contributed by atoms with E-state index < -0.39 is 16.5 Å². The number of nitrogens with one attached hydrogen (secondary N) is 2. The Balaban J connectivity index is 0.733. The van der Waals surface area contributed by atoms with Crippen molar-refractivity contribution in [2.24, 2.45) is 47.0 Å². The highest BCUT2D eigenvalue weighted by molar-refractivity contribution is 5.89. The Morgan fingerprint density at radius 2 is 1.36 bits per heavy atom. The fourth-order valence-corrected chi connectivity index (χ4v) is 17.7. The number of fused-ring (bicyclic) bond motifs is 4. The van der Waals surface area contributed by atoms with Crippen LogP contribution in [-0.2, 0) is 39.1 Å². The van der Waals surface area contributed by atoms with E-state index >= 15 is 4.79 Å². The van der Waals surface area contributed by atoms with Crippen LogP contribution in [0.15, 0.2) is 59.2 Å². The molecule has 8 aromatic heterocycles. The Hall–Kier alpha value is -7.07. The predicted octanol–water partition coefficient (Wildman–Crippen LogP) is 4.57. The maximum atomic E-state index is 15.4. The summed E-state index contributed by atoms with van der Waals surface area (Å²) in [5.41, 5.74) is 5.24. The zero-order chi connectivity index (χ0) is 49.0. The molecule has 9 fully saturated rings. The second-order valence-corrected chi connectivity index (χ2v) is 23.4. The molecular formula is C51H55N17O5. The standard InChI is InChI=1S/C51H55N17O5/c1-28-8-38-54-25-56-65(38)21-34(28)58-43-52-19-36-40(60-43)67(45(70)62(36)3)48-13-30-10-31(14-48)12-47(11-30,23-48)24-73-27-64-37-20-53-44(59-35-22-66-39(9-29(35)2)55-26-57-66)61-41(37)68(46(64)71)50-17-32-15-49(16-33(18-50)51(32,49)50)42(69)63-4-6-72-7-5-63/h8-9,19-22,25-26,30-33H,4-7,10-18,23-24,27H2,1-3H3,(H,52,58,60)(H,53,59,61). The van der Waals surface area contributed by atoms with Gasteiger partial charge in [-0.2, -0.15) is 20.2 Å². The first-order chi connectivity index (χ1) is 35.4. The third kappa shape index (κ3) is 5.32. The van der Waals surface area contributed by atoms with Crippen LogP contribution in [-0.4, -0.2) is 111 Å². The maximum absolute atomic E-state index is 15.4. The van der Waals surface area contributed by atoms with Crippen LogP contribution < -0.4 is 22.0 Å². The average molecular weight is 986 g/mol. The first-order valence-corrected chi connectivity index (χ1v) is 25.9. The number of carbonyl (C=O) groups excluding carboxylic acids is 1. The summed E-state index contributed by atoms with van der Waals surface area (Å²) >= 11 is 0. The summed E-state index contributed by atoms with van der Waals surface area (Å²) < 4.78 is 23.3. The SMILES string of the molecule is Cc1cc2ncnn2cc1Nc1ncc2c(n1)n(C13CC4CC(CC(COCn5c(=O)n(C67CC8CC9(C(=O)N%10CCOCC%10)CC(C6)C897)c6nc(Nc7cn8ncnc8cc7C)ncc65)(C4)C1)C3)c(=O)n2C. The van der Waals surface area contributed by atoms with Gasteiger partial charge in [0.25, 0.3) is 0 Å². The predicted molar refractivity (Wildman–Crippen MR) is 263 cm³/mol. The van der Waals surface area contributed by atoms with Gasteiger partial charge in [0.1, 0.15) is 30.4 Å². The van der Waals surface area contributed by atoms with Crippen molar-refractivity contribution in [3.05, 3.63) is 81.7 Å². The fourth-order valence-electron chi connectivity index (χ4n) is 17.7. The molecule has 1 aliphatic heterocycles. The molecule has 1 saturated heterocycles. The Labute approximate surface area is 416 Å². The van der Waals surface area contributed by atoms with E-state index in [-0.39, 0.29) is 34.8 Å². The van der Waals surface area contributed by atoms with Crippen molar-refractivity contribution in [3.8, 4) is 0 Å². The molecule has 4 unspecified atom stereocenters. The molecule has 2 N–H and O–H groups in total. The number of morpholine rings is 1. The van der Waals surface area contributed by atoms with Crippen LogP contribution in [0.3, 0.4) is 0 Å². The summed E-state index contributed by atoms with van der Waals surface area (Å²) in [4.78, 5) is 75.0. The molecule has 4 atom stereocenters. The zero-order valence-corrected chi connectivity index (χ0v) is 41.0. The van der Waals surface area contributed by atoms with E-state index in [1.807, 2.05) is 52.4 Å². The van der Waals surface area contributed by atoms with Gasteiger partial charge in [-0.3, -0.25) is 23.1 Å². The molecule has 9 heterocycles. The number of hydrogen-bond donors (Lipinski definition) is 2. The minimum absolute atomic E-state index is 0.0225. The normalized spacial score (nSPS) is 32.3. The number of anilines is 4. The van der Waals surface area contributed by atoms with Crippen molar-refractivity contribution in [2.45, 2.75) is 95.9 Å². The van der Waals surface area contributed by atoms with Crippen molar-refractivity contribution in [1.82, 2.24) is 72.3 Å². The van der Waals surface area contributed by atoms with Crippen molar-refractivity contribution < 1.29 is 14.3 Å². The van der Waals surface area contributed by atoms with Gasteiger partial charge >= 0.3 is 11.4 Å². The molecular weight excluding hydrogens is 931 g/mol. The molecule has 0 radical (unpaired) electrons. The lowest BCUT2D eigenvalue weighted by Crippen LogP contribution is -2.95. The number of carbonyl (C=O) groups is 1. The molecule has 73 heavy (non-hydrogen) atoms. The summed E-state index contributed by atoms with van der Waals surface area (Å²) in [6.45, 7) is 6.78. The number of aryl methyl sites for hydroxylation is 3. The molecule has 374 valence electrons. The van der Waals surface area contributed by atoms with Gasteiger partial charge in [0.2, 0.25) is 17.8 Å². The van der Waals surface area contributed by atoms with Gasteiger partial charge in [0.05, 0.1) is 72.5 Å². The van der Waals surface area contributed by atoms with E-state index in [2.05, 4.69) is 35.8 Å². The van der Waals surface area contributed by atoms with Crippen molar-refractivity contribution in [1.29, 1.82) is 0 Å². The van der Waals surface area contributed by atoms with Crippen LogP contribution in [0.2, 0.25) is 0 Å². The van der Waals surface area contributed by atoms with Gasteiger partial charge in [0, 0.05) is 25.6 Å². The minimum atomic E-state index is -0.525. The summed E-state index contributed by atoms with van der Waals surface area (Å²) in [7, 11) is 1.81. The average Bonchev–Trinajstić information content (AvgIpc) is 4.12. The van der Waals surface area contributed by atoms with Crippen LogP contribution in [0.5, 0.6) is 0 Å². The molecule has 8 aliphatic carbocycles. The Morgan fingerprint density at radius 1 is 0.753 bits per heavy atom. The van der Waals surface area contributed by atoms with Gasteiger partial charge in [-0.05, 0) is 130 Å². The Morgan fingerprint density at radius 3 is 1.97 bits per heavy atom. The highest BCUT2D eigenvalue weighted by Crippen LogP contribution is 2.96. The number of nitrogens with zero attached hydrogens (tertiary/aromatic N) is 15. The summed E-state index contributed by atoms with van der Waals surface area (Å²) in [5, 5.41) is 15.5. The lowest BCUT2D eigenvalue weighted by Gasteiger charge is -2.94. The maximum Gasteiger partial charge on any atom is 0.332 e. The molecule has 0 aromatic carbocycles. The van der Waals surface area contributed by atoms with E-state index in [1.165, 1.54) is 12.7 Å². The number of pyridine rings is 2. The van der Waals surface area contributed by atoms with Gasteiger partial charge in [-0.15, -0.1) is 0 Å². The molecule has 4 bridgehead atoms. The second kappa shape index (κ2) is 14.2. The monoisotopic (exact) mass is 985 g/mol. The zero-order valence-electron chi connectivity index (χ0n) is 41.0. The van der Waals surface area contributed by atoms with E-state index in [4.69, 9.17) is 24.4 Å². The minimum Gasteiger partial charge on any atom is -0.378 e. The topological polar surface area (TPSA) is 229 Å². The number of rotatable bonds is 11. The van der Waals surface area contributed by atoms with Crippen LogP contribution in [0.1, 0.15) is 75.3 Å². The number of hydrogen-bond acceptors (Lipinski definition) is 15. The fraction of sp³-hybridized carbons (Fsp3) is 0.549. The number of ether oxygens (including phenoxy) is 2. The first kappa shape index (κ1) is 42.4. The molecule has 9 aliphatic rings. The Kier molecular flexibility index (Phi) is 8.23. The summed E-state index contributed by atoms with van der Waals surface area (Å²) in [6.07, 6.45) is 19.4. The second-order valence-electron chi connectivity index (χ2n) is 23.4. The van der Waals surface area contributed by atoms with Gasteiger partial charge < -0.3 is 25.0 Å². The van der Waals surface area contributed by atoms with Crippen molar-refractivity contribution in [2.75, 3.05) is 43.5 Å². The van der Waals surface area contributed by atoms with Gasteiger partial charge in [-0.1, -0.05) is 0 Å². The van der Waals surface area contributed by atoms with E-state index in [1.54, 1.807) is 37.6 Å². The van der Waals surface area contributed by atoms with Crippen LogP contribution in [0.4, 0.5) is 23.3 Å². The molecule has 1 spiro atoms. The highest BCUT2D eigenvalue weighted by Gasteiger charge is 2.96. The summed E-state index contributed by atoms with van der Waals surface area (Å²) in [5.74, 6) is 2.63. The van der Waals surface area contributed by atoms with Crippen LogP contribution >= 0.6 is 0 Å². The van der Waals surface area contributed by atoms with E-state index in [0.29, 0.717) is 90.8 Å². The summed E-state index contributed by atoms with van der Waals surface area (Å²) in [6, 6.07) is 3.91. The van der Waals surface area contributed by atoms with Crippen molar-refractivity contribution in [3.63, 3.8) is 0 Å². The quantitative estimate of drug-likeness (QED) is 0.181. The van der Waals surface area contributed by atoms with Crippen LogP contribution in [0, 0.1) is 53.8 Å². The number of amides is 1. The smallest absolute Gasteiger partial charge is 0.332 e. The molecule has 1 amide bonds. The third-order valence-corrected chi connectivity index (χ3v) is 19.8. The molecule has 22 nitrogen and oxygen atoms in total. The number of aromatic nitrogens is 14. The van der Waals surface area contributed by atoms with Gasteiger partial charge in [-0.25, -0.2) is 38.6 Å². The lowest BCUT2D eigenvalue weighted by molar-refractivity contribution is -0.452. The van der Waals surface area contributed by atoms with E-state index in [0.717, 1.165) is 98.0 Å². The molecule has 22 heteroatoms. The third-order valence-electron chi connectivity index (χ3n) is 19.8. The van der Waals surface area contributed by atoms with E-state index in [9.17, 15) is 9.59 Å². The van der Waals surface area contributed by atoms with Gasteiger partial charge in [0.15, 0.2) is 22.6 Å². The molecule has 8 aromatic rings. The highest BCUT2D eigenvalue weighted by atomic mass is 16.5. The largest absolute Gasteiger partial charge is 0.378 e.